The summed E-state index contributed by atoms with van der Waals surface area (Å²) in [5.74, 6) is 4.70. The van der Waals surface area contributed by atoms with Crippen molar-refractivity contribution >= 4 is 22.7 Å². The summed E-state index contributed by atoms with van der Waals surface area (Å²) >= 11 is 0. The third-order valence-electron chi connectivity index (χ3n) is 4.93. The molecule has 1 heterocycles. The number of aromatic nitrogens is 1. The number of hydrogen-bond donors (Lipinski definition) is 6. The fraction of sp³-hybridized carbons (Fsp3) is 0.182. The summed E-state index contributed by atoms with van der Waals surface area (Å²) in [6, 6.07) is 12.4. The van der Waals surface area contributed by atoms with Crippen molar-refractivity contribution in [2.24, 2.45) is 11.6 Å². The first kappa shape index (κ1) is 22.8. The lowest BCUT2D eigenvalue weighted by Gasteiger charge is -2.26. The molecule has 1 atom stereocenters. The molecule has 2 amide bonds. The van der Waals surface area contributed by atoms with E-state index in [4.69, 9.17) is 16.8 Å². The number of aromatic amines is 1. The molecule has 168 valence electrons. The second-order valence-electron chi connectivity index (χ2n) is 7.34. The summed E-state index contributed by atoms with van der Waals surface area (Å²) in [4.78, 5) is 27.1. The Kier molecular flexibility index (Phi) is 7.42. The van der Waals surface area contributed by atoms with Crippen LogP contribution in [0.1, 0.15) is 22.3 Å². The maximum atomic E-state index is 13.0. The van der Waals surface area contributed by atoms with Crippen molar-refractivity contribution in [3.8, 4) is 0 Å². The first-order chi connectivity index (χ1) is 15.4. The van der Waals surface area contributed by atoms with Gasteiger partial charge < -0.3 is 21.0 Å². The van der Waals surface area contributed by atoms with Crippen LogP contribution in [0.3, 0.4) is 0 Å². The normalized spacial score (nSPS) is 12.4. The van der Waals surface area contributed by atoms with Crippen LogP contribution in [0.25, 0.3) is 10.9 Å². The smallest absolute Gasteiger partial charge is 0.251 e. The van der Waals surface area contributed by atoms with Crippen molar-refractivity contribution in [3.63, 3.8) is 0 Å². The van der Waals surface area contributed by atoms with Crippen molar-refractivity contribution in [1.29, 1.82) is 0 Å². The van der Waals surface area contributed by atoms with Crippen molar-refractivity contribution in [3.05, 3.63) is 83.6 Å². The van der Waals surface area contributed by atoms with E-state index in [1.807, 2.05) is 30.5 Å². The number of nitrogens with zero attached hydrogens (tertiary/aromatic N) is 1. The molecule has 0 aliphatic carbocycles. The lowest BCUT2D eigenvalue weighted by molar-refractivity contribution is -0.130. The molecular weight excluding hydrogens is 415 g/mol. The summed E-state index contributed by atoms with van der Waals surface area (Å²) < 4.78 is 13.0. The van der Waals surface area contributed by atoms with Crippen LogP contribution in [0.5, 0.6) is 0 Å². The topological polar surface area (TPSA) is 150 Å². The van der Waals surface area contributed by atoms with Crippen LogP contribution in [-0.4, -0.2) is 39.6 Å². The van der Waals surface area contributed by atoms with E-state index in [9.17, 15) is 14.0 Å². The number of nitrogens with one attached hydrogen (secondary N) is 3. The minimum Gasteiger partial charge on any atom is -0.399 e. The first-order valence-electron chi connectivity index (χ1n) is 9.87. The van der Waals surface area contributed by atoms with E-state index >= 15 is 0 Å². The number of nitrogens with two attached hydrogens (primary N) is 2. The number of carbonyl (C=O) groups is 2. The Bertz CT molecular complexity index is 1110. The molecular formula is C22H25FN6O3. The van der Waals surface area contributed by atoms with E-state index in [1.54, 1.807) is 5.48 Å². The number of amides is 2. The number of carbonyl (C=O) groups excluding carboxylic acids is 2. The van der Waals surface area contributed by atoms with Crippen LogP contribution in [0.4, 0.5) is 4.39 Å². The molecule has 10 heteroatoms. The Hall–Kier alpha value is -3.89. The highest BCUT2D eigenvalue weighted by molar-refractivity contribution is 5.94. The minimum absolute atomic E-state index is 0.00272. The number of hydrogen-bond acceptors (Lipinski definition) is 6. The average Bonchev–Trinajstić information content (AvgIpc) is 3.25. The zero-order valence-corrected chi connectivity index (χ0v) is 17.2. The number of hydrazine groups is 1. The molecule has 0 radical (unpaired) electrons. The predicted octanol–water partition coefficient (Wildman–Crippen LogP) is 1.52. The van der Waals surface area contributed by atoms with Crippen LogP contribution in [0.2, 0.25) is 0 Å². The molecule has 1 aromatic heterocycles. The van der Waals surface area contributed by atoms with E-state index in [-0.39, 0.29) is 18.7 Å². The molecule has 1 unspecified atom stereocenters. The monoisotopic (exact) mass is 440 g/mol. The van der Waals surface area contributed by atoms with Gasteiger partial charge in [-0.1, -0.05) is 12.1 Å². The van der Waals surface area contributed by atoms with Gasteiger partial charge in [-0.15, -0.1) is 0 Å². The van der Waals surface area contributed by atoms with E-state index in [0.29, 0.717) is 12.0 Å². The second kappa shape index (κ2) is 10.4. The fourth-order valence-electron chi connectivity index (χ4n) is 3.26. The zero-order chi connectivity index (χ0) is 23.1. The van der Waals surface area contributed by atoms with Crippen LogP contribution in [0.15, 0.2) is 66.6 Å². The summed E-state index contributed by atoms with van der Waals surface area (Å²) in [6.45, 7) is -0.00272. The maximum absolute atomic E-state index is 13.0. The molecule has 3 aromatic rings. The van der Waals surface area contributed by atoms with Gasteiger partial charge in [-0.05, 0) is 53.8 Å². The molecule has 0 saturated heterocycles. The molecule has 0 spiro atoms. The third-order valence-corrected chi connectivity index (χ3v) is 4.93. The van der Waals surface area contributed by atoms with Gasteiger partial charge >= 0.3 is 0 Å². The molecule has 0 bridgehead atoms. The van der Waals surface area contributed by atoms with Gasteiger partial charge in [-0.3, -0.25) is 14.8 Å². The molecule has 2 aromatic carbocycles. The van der Waals surface area contributed by atoms with Gasteiger partial charge in [-0.25, -0.2) is 15.7 Å². The Balaban J connectivity index is 1.66. The van der Waals surface area contributed by atoms with Crippen molar-refractivity contribution < 1.29 is 19.2 Å². The van der Waals surface area contributed by atoms with Crippen LogP contribution < -0.4 is 22.4 Å². The van der Waals surface area contributed by atoms with Gasteiger partial charge in [0.05, 0.1) is 19.0 Å². The van der Waals surface area contributed by atoms with Crippen molar-refractivity contribution in [2.75, 3.05) is 6.54 Å². The number of rotatable bonds is 9. The standard InChI is InChI=1S/C22H25FN6O3/c23-17-5-3-16(4-6-17)22(31)27-12-18(24)13-29(25)19(11-21(30)28-32)9-14-1-2-15-7-8-26-20(15)10-14/h1-8,10,13,19,26,32H,9,11-12,24-25H2,(H,27,31)(H,28,30)/b18-13-. The van der Waals surface area contributed by atoms with Crippen LogP contribution in [0, 0.1) is 5.82 Å². The average molecular weight is 440 g/mol. The van der Waals surface area contributed by atoms with Gasteiger partial charge in [0.25, 0.3) is 5.91 Å². The predicted molar refractivity (Wildman–Crippen MR) is 117 cm³/mol. The molecule has 0 saturated carbocycles. The number of hydroxylamine groups is 1. The summed E-state index contributed by atoms with van der Waals surface area (Å²) in [7, 11) is 0. The quantitative estimate of drug-likeness (QED) is 0.169. The summed E-state index contributed by atoms with van der Waals surface area (Å²) in [5, 5.41) is 13.9. The molecule has 32 heavy (non-hydrogen) atoms. The summed E-state index contributed by atoms with van der Waals surface area (Å²) in [5.41, 5.74) is 10.0. The van der Waals surface area contributed by atoms with Gasteiger partial charge in [0.15, 0.2) is 0 Å². The fourth-order valence-corrected chi connectivity index (χ4v) is 3.26. The van der Waals surface area contributed by atoms with Crippen molar-refractivity contribution in [1.82, 2.24) is 20.8 Å². The Labute approximate surface area is 183 Å². The van der Waals surface area contributed by atoms with Gasteiger partial charge in [0, 0.05) is 29.2 Å². The second-order valence-corrected chi connectivity index (χ2v) is 7.34. The van der Waals surface area contributed by atoms with Gasteiger partial charge in [0.1, 0.15) is 5.82 Å². The number of fused-ring (bicyclic) bond motifs is 1. The van der Waals surface area contributed by atoms with E-state index in [0.717, 1.165) is 16.5 Å². The Morgan fingerprint density at radius 2 is 1.94 bits per heavy atom. The number of H-pyrrole nitrogens is 1. The van der Waals surface area contributed by atoms with E-state index in [2.05, 4.69) is 10.3 Å². The molecule has 0 fully saturated rings. The number of benzene rings is 2. The zero-order valence-electron chi connectivity index (χ0n) is 17.2. The highest BCUT2D eigenvalue weighted by Crippen LogP contribution is 2.17. The Morgan fingerprint density at radius 3 is 2.66 bits per heavy atom. The van der Waals surface area contributed by atoms with Crippen LogP contribution in [-0.2, 0) is 11.2 Å². The van der Waals surface area contributed by atoms with Gasteiger partial charge in [-0.2, -0.15) is 0 Å². The SMILES string of the molecule is N/C(=C\N(N)C(CC(=O)NO)Cc1ccc2cc[nH]c2c1)CNC(=O)c1ccc(F)cc1. The lowest BCUT2D eigenvalue weighted by atomic mass is 10.0. The molecule has 0 aliphatic rings. The lowest BCUT2D eigenvalue weighted by Crippen LogP contribution is -2.42. The highest BCUT2D eigenvalue weighted by atomic mass is 19.1. The molecule has 0 aliphatic heterocycles. The third kappa shape index (κ3) is 6.06. The van der Waals surface area contributed by atoms with E-state index < -0.39 is 23.7 Å². The summed E-state index contributed by atoms with van der Waals surface area (Å²) in [6.07, 6.45) is 3.59. The van der Waals surface area contributed by atoms with Gasteiger partial charge in [0.2, 0.25) is 5.91 Å². The molecule has 9 nitrogen and oxygen atoms in total. The molecule has 8 N–H and O–H groups in total. The largest absolute Gasteiger partial charge is 0.399 e. The Morgan fingerprint density at radius 1 is 1.19 bits per heavy atom. The first-order valence-corrected chi connectivity index (χ1v) is 9.87. The van der Waals surface area contributed by atoms with Crippen molar-refractivity contribution in [2.45, 2.75) is 18.9 Å². The number of halogens is 1. The van der Waals surface area contributed by atoms with Crippen LogP contribution >= 0.6 is 0 Å². The van der Waals surface area contributed by atoms with E-state index in [1.165, 1.54) is 35.5 Å². The minimum atomic E-state index is -0.594. The highest BCUT2D eigenvalue weighted by Gasteiger charge is 2.19. The molecule has 3 rings (SSSR count). The maximum Gasteiger partial charge on any atom is 0.251 e.